The van der Waals surface area contributed by atoms with Gasteiger partial charge in [0.15, 0.2) is 11.4 Å². The van der Waals surface area contributed by atoms with Crippen LogP contribution in [0.25, 0.3) is 11.1 Å². The number of benzene rings is 3. The summed E-state index contributed by atoms with van der Waals surface area (Å²) in [5.74, 6) is -6.41. The zero-order valence-corrected chi connectivity index (χ0v) is 22.6. The van der Waals surface area contributed by atoms with Crippen LogP contribution in [0.2, 0.25) is 0 Å². The van der Waals surface area contributed by atoms with Crippen LogP contribution in [0.15, 0.2) is 89.4 Å². The highest BCUT2D eigenvalue weighted by atomic mass is 16.3. The number of allylic oxidation sites excluding steroid dienone is 2. The molecule has 1 amide bonds. The number of phenolic OH excluding ortho intramolecular Hbond substituents is 1. The maximum atomic E-state index is 13.8. The molecule has 0 aromatic heterocycles. The molecule has 0 saturated carbocycles. The molecule has 0 aliphatic heterocycles. The van der Waals surface area contributed by atoms with E-state index in [9.17, 15) is 34.8 Å². The number of hydrogen-bond acceptors (Lipinski definition) is 8. The van der Waals surface area contributed by atoms with Crippen molar-refractivity contribution in [1.82, 2.24) is 5.32 Å². The molecule has 0 spiro atoms. The van der Waals surface area contributed by atoms with Gasteiger partial charge >= 0.3 is 0 Å². The predicted molar refractivity (Wildman–Crippen MR) is 153 cm³/mol. The highest BCUT2D eigenvalue weighted by molar-refractivity contribution is 6.24. The van der Waals surface area contributed by atoms with Gasteiger partial charge in [-0.2, -0.15) is 0 Å². The normalized spacial score (nSPS) is 23.4. The molecule has 3 aliphatic carbocycles. The number of primary amides is 1. The SMILES string of the molecule is NC(=O)C1=C(O)CC2C[C@@H]3Cc4c(-c5cccc(CNCc6ccccc6)c5)ccc(O)c4C(=O)C3=C(O)[C@]2(O)C1=O. The first-order valence-electron chi connectivity index (χ1n) is 13.8. The number of aliphatic hydroxyl groups is 3. The first kappa shape index (κ1) is 27.4. The number of nitrogens with two attached hydrogens (primary N) is 1. The van der Waals surface area contributed by atoms with Crippen LogP contribution >= 0.6 is 0 Å². The molecular weight excluding hydrogens is 536 g/mol. The molecule has 0 radical (unpaired) electrons. The molecule has 0 bridgehead atoms. The lowest BCUT2D eigenvalue weighted by molar-refractivity contribution is -0.144. The second-order valence-corrected chi connectivity index (χ2v) is 11.2. The Kier molecular flexibility index (Phi) is 6.71. The van der Waals surface area contributed by atoms with Crippen molar-refractivity contribution in [2.24, 2.45) is 17.6 Å². The molecule has 0 fully saturated rings. The number of Topliss-reactive ketones (excluding diaryl/α,β-unsaturated/α-hetero) is 2. The van der Waals surface area contributed by atoms with Crippen LogP contribution in [0.5, 0.6) is 5.75 Å². The Bertz CT molecular complexity index is 1710. The zero-order valence-electron chi connectivity index (χ0n) is 22.6. The van der Waals surface area contributed by atoms with Crippen molar-refractivity contribution < 1.29 is 34.8 Å². The molecule has 7 N–H and O–H groups in total. The first-order chi connectivity index (χ1) is 20.1. The third-order valence-corrected chi connectivity index (χ3v) is 8.68. The fourth-order valence-electron chi connectivity index (χ4n) is 6.69. The highest BCUT2D eigenvalue weighted by Gasteiger charge is 2.59. The summed E-state index contributed by atoms with van der Waals surface area (Å²) < 4.78 is 0. The molecular formula is C33H30N2O7. The minimum absolute atomic E-state index is 0.00303. The van der Waals surface area contributed by atoms with Crippen LogP contribution in [0, 0.1) is 11.8 Å². The van der Waals surface area contributed by atoms with Crippen molar-refractivity contribution in [2.75, 3.05) is 0 Å². The number of amides is 1. The fraction of sp³-hybridized carbons (Fsp3) is 0.242. The minimum Gasteiger partial charge on any atom is -0.511 e. The molecule has 42 heavy (non-hydrogen) atoms. The topological polar surface area (TPSA) is 170 Å². The lowest BCUT2D eigenvalue weighted by atomic mass is 9.60. The van der Waals surface area contributed by atoms with E-state index in [0.29, 0.717) is 18.7 Å². The summed E-state index contributed by atoms with van der Waals surface area (Å²) in [6, 6.07) is 21.1. The first-order valence-corrected chi connectivity index (χ1v) is 13.8. The Morgan fingerprint density at radius 1 is 0.929 bits per heavy atom. The lowest BCUT2D eigenvalue weighted by Gasteiger charge is -2.45. The monoisotopic (exact) mass is 566 g/mol. The molecule has 6 rings (SSSR count). The molecule has 9 nitrogen and oxygen atoms in total. The van der Waals surface area contributed by atoms with Gasteiger partial charge in [-0.25, -0.2) is 0 Å². The number of aromatic hydroxyl groups is 1. The van der Waals surface area contributed by atoms with Crippen LogP contribution in [0.3, 0.4) is 0 Å². The van der Waals surface area contributed by atoms with Gasteiger partial charge < -0.3 is 31.5 Å². The summed E-state index contributed by atoms with van der Waals surface area (Å²) in [4.78, 5) is 38.8. The minimum atomic E-state index is -2.58. The predicted octanol–water partition coefficient (Wildman–Crippen LogP) is 3.54. The third-order valence-electron chi connectivity index (χ3n) is 8.68. The van der Waals surface area contributed by atoms with Gasteiger partial charge in [0.05, 0.1) is 5.56 Å². The Morgan fingerprint density at radius 3 is 2.38 bits per heavy atom. The average molecular weight is 567 g/mol. The van der Waals surface area contributed by atoms with E-state index >= 15 is 0 Å². The quantitative estimate of drug-likeness (QED) is 0.246. The summed E-state index contributed by atoms with van der Waals surface area (Å²) in [7, 11) is 0. The largest absolute Gasteiger partial charge is 0.511 e. The number of nitrogens with one attached hydrogen (secondary N) is 1. The summed E-state index contributed by atoms with van der Waals surface area (Å²) >= 11 is 0. The van der Waals surface area contributed by atoms with Crippen LogP contribution in [0.4, 0.5) is 0 Å². The molecule has 0 saturated heterocycles. The van der Waals surface area contributed by atoms with Gasteiger partial charge in [-0.15, -0.1) is 0 Å². The number of ketones is 2. The molecule has 1 unspecified atom stereocenters. The van der Waals surface area contributed by atoms with E-state index in [1.807, 2.05) is 54.6 Å². The van der Waals surface area contributed by atoms with Gasteiger partial charge in [0.2, 0.25) is 5.78 Å². The van der Waals surface area contributed by atoms with E-state index in [4.69, 9.17) is 5.73 Å². The molecule has 3 aromatic rings. The summed E-state index contributed by atoms with van der Waals surface area (Å²) in [6.07, 6.45) is 0.0659. The maximum Gasteiger partial charge on any atom is 0.255 e. The van der Waals surface area contributed by atoms with Crippen LogP contribution < -0.4 is 11.1 Å². The van der Waals surface area contributed by atoms with Crippen LogP contribution in [-0.2, 0) is 29.1 Å². The number of aliphatic hydroxyl groups excluding tert-OH is 2. The number of phenols is 1. The van der Waals surface area contributed by atoms with Crippen LogP contribution in [0.1, 0.15) is 39.9 Å². The van der Waals surface area contributed by atoms with Crippen molar-refractivity contribution in [3.05, 3.63) is 112 Å². The molecule has 214 valence electrons. The second kappa shape index (κ2) is 10.3. The summed E-state index contributed by atoms with van der Waals surface area (Å²) in [6.45, 7) is 1.32. The number of carbonyl (C=O) groups excluding carboxylic acids is 3. The number of fused-ring (bicyclic) bond motifs is 3. The fourth-order valence-corrected chi connectivity index (χ4v) is 6.69. The average Bonchev–Trinajstić information content (AvgIpc) is 2.95. The Labute approximate surface area is 241 Å². The van der Waals surface area contributed by atoms with Gasteiger partial charge in [0, 0.05) is 31.0 Å². The Balaban J connectivity index is 1.35. The van der Waals surface area contributed by atoms with Crippen molar-refractivity contribution in [2.45, 2.75) is 38.0 Å². The van der Waals surface area contributed by atoms with E-state index in [2.05, 4.69) is 5.32 Å². The maximum absolute atomic E-state index is 13.8. The van der Waals surface area contributed by atoms with E-state index < -0.39 is 52.0 Å². The second-order valence-electron chi connectivity index (χ2n) is 11.2. The van der Waals surface area contributed by atoms with Gasteiger partial charge in [0.25, 0.3) is 5.91 Å². The van der Waals surface area contributed by atoms with Crippen molar-refractivity contribution in [1.29, 1.82) is 0 Å². The van der Waals surface area contributed by atoms with E-state index in [-0.39, 0.29) is 36.1 Å². The van der Waals surface area contributed by atoms with Crippen molar-refractivity contribution in [3.63, 3.8) is 0 Å². The van der Waals surface area contributed by atoms with E-state index in [0.717, 1.165) is 16.7 Å². The van der Waals surface area contributed by atoms with Gasteiger partial charge in [0.1, 0.15) is 22.8 Å². The van der Waals surface area contributed by atoms with Crippen LogP contribution in [-0.4, -0.2) is 43.5 Å². The van der Waals surface area contributed by atoms with E-state index in [1.165, 1.54) is 11.6 Å². The molecule has 0 heterocycles. The standard InChI is InChI=1S/C33H30N2O7/c34-32(41)28-25(37)14-21-12-20-13-23-22(19-8-4-7-18(11-19)16-35-15-17-5-2-1-3-6-17)9-10-24(36)27(23)29(38)26(20)30(39)33(21,42)31(28)40/h1-11,20-21,35-37,39,42H,12-16H2,(H2,34,41)/t20-,21?,33+/m1/s1. The van der Waals surface area contributed by atoms with Crippen molar-refractivity contribution in [3.8, 4) is 16.9 Å². The van der Waals surface area contributed by atoms with Gasteiger partial charge in [-0.3, -0.25) is 14.4 Å². The van der Waals surface area contributed by atoms with Gasteiger partial charge in [-0.1, -0.05) is 54.6 Å². The zero-order chi connectivity index (χ0) is 29.8. The lowest BCUT2D eigenvalue weighted by Crippen LogP contribution is -2.57. The number of hydrogen-bond donors (Lipinski definition) is 6. The summed E-state index contributed by atoms with van der Waals surface area (Å²) in [5, 5.41) is 47.2. The molecule has 3 aliphatic rings. The molecule has 9 heteroatoms. The third kappa shape index (κ3) is 4.29. The smallest absolute Gasteiger partial charge is 0.255 e. The Hall–Kier alpha value is -4.73. The molecule has 3 aromatic carbocycles. The van der Waals surface area contributed by atoms with Crippen molar-refractivity contribution >= 4 is 17.5 Å². The van der Waals surface area contributed by atoms with Gasteiger partial charge in [-0.05, 0) is 58.7 Å². The Morgan fingerprint density at radius 2 is 1.64 bits per heavy atom. The number of carbonyl (C=O) groups is 3. The summed E-state index contributed by atoms with van der Waals surface area (Å²) in [5.41, 5.74) is 6.11. The highest BCUT2D eigenvalue weighted by Crippen LogP contribution is 2.52. The number of rotatable bonds is 6. The molecule has 3 atom stereocenters. The van der Waals surface area contributed by atoms with E-state index in [1.54, 1.807) is 6.07 Å².